The van der Waals surface area contributed by atoms with E-state index in [1.165, 1.54) is 5.52 Å². The van der Waals surface area contributed by atoms with E-state index >= 15 is 0 Å². The molecule has 20 heavy (non-hydrogen) atoms. The quantitative estimate of drug-likeness (QED) is 0.476. The highest BCUT2D eigenvalue weighted by molar-refractivity contribution is 5.89. The molecule has 3 nitrogen and oxygen atoms in total. The van der Waals surface area contributed by atoms with Gasteiger partial charge in [-0.25, -0.2) is 4.98 Å². The van der Waals surface area contributed by atoms with Gasteiger partial charge in [0, 0.05) is 0 Å². The average molecular weight is 267 g/mol. The number of benzene rings is 2. The Hall–Kier alpha value is -2.29. The van der Waals surface area contributed by atoms with Crippen molar-refractivity contribution in [2.24, 2.45) is 0 Å². The molecule has 4 rings (SSSR count). The highest BCUT2D eigenvalue weighted by Gasteiger charge is 2.08. The van der Waals surface area contributed by atoms with Gasteiger partial charge in [-0.3, -0.25) is 4.40 Å². The second-order valence-corrected chi connectivity index (χ2v) is 3.90. The van der Waals surface area contributed by atoms with Crippen LogP contribution in [0.25, 0.3) is 27.8 Å². The molecule has 3 heteroatoms. The number of aromatic amines is 1. The van der Waals surface area contributed by atoms with Gasteiger partial charge in [0.05, 0.1) is 22.1 Å². The van der Waals surface area contributed by atoms with E-state index in [0.29, 0.717) is 0 Å². The zero-order valence-electron chi connectivity index (χ0n) is 12.5. The van der Waals surface area contributed by atoms with E-state index in [-0.39, 0.29) is 0 Å². The molecule has 0 aliphatic carbocycles. The molecule has 0 fully saturated rings. The summed E-state index contributed by atoms with van der Waals surface area (Å²) in [7, 11) is 0. The monoisotopic (exact) mass is 267 g/mol. The second kappa shape index (κ2) is 6.24. The van der Waals surface area contributed by atoms with Crippen LogP contribution >= 0.6 is 0 Å². The van der Waals surface area contributed by atoms with E-state index in [2.05, 4.69) is 32.6 Å². The molecule has 1 N–H and O–H groups in total. The van der Waals surface area contributed by atoms with Crippen LogP contribution in [0.3, 0.4) is 0 Å². The predicted octanol–water partition coefficient (Wildman–Crippen LogP) is 5.02. The topological polar surface area (TPSA) is 33.1 Å². The fourth-order valence-corrected chi connectivity index (χ4v) is 2.25. The van der Waals surface area contributed by atoms with Crippen LogP contribution in [0.4, 0.5) is 0 Å². The molecule has 0 aliphatic heterocycles. The lowest BCUT2D eigenvalue weighted by molar-refractivity contribution is 1.28. The summed E-state index contributed by atoms with van der Waals surface area (Å²) in [6, 6.07) is 16.4. The van der Waals surface area contributed by atoms with Crippen LogP contribution in [-0.4, -0.2) is 14.4 Å². The van der Waals surface area contributed by atoms with E-state index < -0.39 is 0 Å². The van der Waals surface area contributed by atoms with Crippen LogP contribution in [0, 0.1) is 0 Å². The molecule has 0 atom stereocenters. The predicted molar refractivity (Wildman–Crippen MR) is 87.3 cm³/mol. The van der Waals surface area contributed by atoms with E-state index in [1.807, 2.05) is 58.0 Å². The van der Waals surface area contributed by atoms with Gasteiger partial charge < -0.3 is 4.98 Å². The fourth-order valence-electron chi connectivity index (χ4n) is 2.25. The van der Waals surface area contributed by atoms with E-state index in [0.717, 1.165) is 22.3 Å². The molecule has 2 aromatic carbocycles. The first kappa shape index (κ1) is 14.1. The van der Waals surface area contributed by atoms with E-state index in [4.69, 9.17) is 0 Å². The Bertz CT molecular complexity index is 743. The van der Waals surface area contributed by atoms with Crippen LogP contribution < -0.4 is 0 Å². The lowest BCUT2D eigenvalue weighted by atomic mass is 10.3. The number of hydrogen-bond donors (Lipinski definition) is 1. The average Bonchev–Trinajstić information content (AvgIpc) is 3.06. The van der Waals surface area contributed by atoms with Crippen molar-refractivity contribution < 1.29 is 0 Å². The van der Waals surface area contributed by atoms with Crippen molar-refractivity contribution in [3.8, 4) is 0 Å². The van der Waals surface area contributed by atoms with Gasteiger partial charge in [-0.15, -0.1) is 0 Å². The van der Waals surface area contributed by atoms with Gasteiger partial charge in [0.2, 0.25) is 5.78 Å². The van der Waals surface area contributed by atoms with Gasteiger partial charge >= 0.3 is 0 Å². The number of para-hydroxylation sites is 4. The molecule has 2 heterocycles. The summed E-state index contributed by atoms with van der Waals surface area (Å²) < 4.78 is 2.16. The summed E-state index contributed by atoms with van der Waals surface area (Å²) in [6.45, 7) is 8.00. The number of nitrogens with zero attached hydrogens (tertiary/aromatic N) is 2. The summed E-state index contributed by atoms with van der Waals surface area (Å²) in [5, 5.41) is 0. The number of nitrogens with one attached hydrogen (secondary N) is 1. The Morgan fingerprint density at radius 2 is 1.40 bits per heavy atom. The Kier molecular flexibility index (Phi) is 4.41. The van der Waals surface area contributed by atoms with Crippen LogP contribution in [0.1, 0.15) is 27.7 Å². The lowest BCUT2D eigenvalue weighted by Crippen LogP contribution is -1.78. The molecule has 0 radical (unpaired) electrons. The van der Waals surface area contributed by atoms with Crippen LogP contribution in [0.5, 0.6) is 0 Å². The first-order chi connectivity index (χ1) is 9.93. The Balaban J connectivity index is 0.000000340. The molecule has 0 spiro atoms. The minimum atomic E-state index is 0.905. The summed E-state index contributed by atoms with van der Waals surface area (Å²) in [6.07, 6.45) is 0. The zero-order valence-corrected chi connectivity index (χ0v) is 12.5. The molecular formula is C17H21N3. The Labute approximate surface area is 119 Å². The lowest BCUT2D eigenvalue weighted by Gasteiger charge is -1.92. The SMILES string of the molecule is CC.CC.c1ccc2c(c1)nc1[nH]c3ccccc3n12. The third kappa shape index (κ3) is 2.16. The van der Waals surface area contributed by atoms with Crippen LogP contribution in [0.15, 0.2) is 48.5 Å². The summed E-state index contributed by atoms with van der Waals surface area (Å²) in [4.78, 5) is 7.88. The molecule has 0 saturated heterocycles. The van der Waals surface area contributed by atoms with Gasteiger partial charge in [0.15, 0.2) is 0 Å². The molecule has 0 saturated carbocycles. The second-order valence-electron chi connectivity index (χ2n) is 3.90. The van der Waals surface area contributed by atoms with Gasteiger partial charge in [0.25, 0.3) is 0 Å². The van der Waals surface area contributed by atoms with Crippen molar-refractivity contribution in [3.63, 3.8) is 0 Å². The summed E-state index contributed by atoms with van der Waals surface area (Å²) >= 11 is 0. The molecule has 0 unspecified atom stereocenters. The van der Waals surface area contributed by atoms with Gasteiger partial charge in [-0.05, 0) is 24.3 Å². The molecule has 0 amide bonds. The molecule has 4 aromatic rings. The number of aromatic nitrogens is 3. The maximum Gasteiger partial charge on any atom is 0.213 e. The standard InChI is InChI=1S/C13H9N3.2C2H6/c1-3-7-11-9(5-1)14-13-15-10-6-2-4-8-12(10)16(11)13;2*1-2/h1-8H,(H,14,15);2*1-2H3. The van der Waals surface area contributed by atoms with Gasteiger partial charge in [-0.1, -0.05) is 52.0 Å². The zero-order chi connectivity index (χ0) is 14.5. The molecule has 2 aromatic heterocycles. The minimum absolute atomic E-state index is 0.905. The smallest absolute Gasteiger partial charge is 0.213 e. The van der Waals surface area contributed by atoms with Crippen molar-refractivity contribution in [3.05, 3.63) is 48.5 Å². The first-order valence-corrected chi connectivity index (χ1v) is 7.27. The number of H-pyrrole nitrogens is 1. The summed E-state index contributed by atoms with van der Waals surface area (Å²) in [5.41, 5.74) is 4.47. The Morgan fingerprint density at radius 1 is 0.800 bits per heavy atom. The van der Waals surface area contributed by atoms with Crippen molar-refractivity contribution in [2.45, 2.75) is 27.7 Å². The maximum atomic E-state index is 4.56. The van der Waals surface area contributed by atoms with E-state index in [9.17, 15) is 0 Å². The van der Waals surface area contributed by atoms with Gasteiger partial charge in [0.1, 0.15) is 0 Å². The number of fused-ring (bicyclic) bond motifs is 5. The normalized spacial score (nSPS) is 10.0. The number of rotatable bonds is 0. The Morgan fingerprint density at radius 3 is 2.15 bits per heavy atom. The van der Waals surface area contributed by atoms with Crippen molar-refractivity contribution >= 4 is 27.8 Å². The fraction of sp³-hybridized carbons (Fsp3) is 0.235. The van der Waals surface area contributed by atoms with Crippen molar-refractivity contribution in [2.75, 3.05) is 0 Å². The number of hydrogen-bond acceptors (Lipinski definition) is 1. The third-order valence-corrected chi connectivity index (χ3v) is 2.95. The van der Waals surface area contributed by atoms with Crippen molar-refractivity contribution in [1.82, 2.24) is 14.4 Å². The molecule has 104 valence electrons. The van der Waals surface area contributed by atoms with Gasteiger partial charge in [-0.2, -0.15) is 0 Å². The van der Waals surface area contributed by atoms with Crippen LogP contribution in [0.2, 0.25) is 0 Å². The molecule has 0 bridgehead atoms. The molecule has 0 aliphatic rings. The van der Waals surface area contributed by atoms with E-state index in [1.54, 1.807) is 0 Å². The highest BCUT2D eigenvalue weighted by atomic mass is 15.1. The maximum absolute atomic E-state index is 4.56. The minimum Gasteiger partial charge on any atom is -0.323 e. The third-order valence-electron chi connectivity index (χ3n) is 2.95. The highest BCUT2D eigenvalue weighted by Crippen LogP contribution is 2.22. The summed E-state index contributed by atoms with van der Waals surface area (Å²) in [5.74, 6) is 0.905. The van der Waals surface area contributed by atoms with Crippen LogP contribution in [-0.2, 0) is 0 Å². The molecular weight excluding hydrogens is 246 g/mol. The first-order valence-electron chi connectivity index (χ1n) is 7.27. The van der Waals surface area contributed by atoms with Crippen molar-refractivity contribution in [1.29, 1.82) is 0 Å². The number of imidazole rings is 2. The largest absolute Gasteiger partial charge is 0.323 e.